The van der Waals surface area contributed by atoms with Gasteiger partial charge in [0.05, 0.1) is 0 Å². The normalized spacial score (nSPS) is 38.9. The Morgan fingerprint density at radius 2 is 1.81 bits per heavy atom. The molecule has 0 unspecified atom stereocenters. The molecule has 3 nitrogen and oxygen atoms in total. The molecule has 3 saturated carbocycles. The molecule has 3 fully saturated rings. The van der Waals surface area contributed by atoms with Crippen LogP contribution >= 0.6 is 0 Å². The lowest BCUT2D eigenvalue weighted by atomic mass is 9.61. The van der Waals surface area contributed by atoms with Gasteiger partial charge in [0.15, 0.2) is 0 Å². The zero-order valence-corrected chi connectivity index (χ0v) is 20.4. The Kier molecular flexibility index (Phi) is 7.71. The fourth-order valence-electron chi connectivity index (χ4n) is 6.33. The number of allylic oxidation sites excluding steroid dienone is 6. The quantitative estimate of drug-likeness (QED) is 0.200. The Morgan fingerprint density at radius 3 is 2.48 bits per heavy atom. The summed E-state index contributed by atoms with van der Waals surface area (Å²) >= 11 is 0. The Hall–Kier alpha value is -1.16. The summed E-state index contributed by atoms with van der Waals surface area (Å²) < 4.78 is 0. The Balaban J connectivity index is 1.77. The van der Waals surface area contributed by atoms with Crippen molar-refractivity contribution in [1.82, 2.24) is 0 Å². The largest absolute Gasteiger partial charge is 0.363 e. The van der Waals surface area contributed by atoms with Gasteiger partial charge in [-0.05, 0) is 79.1 Å². The van der Waals surface area contributed by atoms with Crippen LogP contribution in [-0.2, 0) is 4.89 Å². The van der Waals surface area contributed by atoms with Gasteiger partial charge in [0, 0.05) is 12.8 Å². The van der Waals surface area contributed by atoms with Gasteiger partial charge in [-0.25, -0.2) is 10.1 Å². The molecule has 174 valence electrons. The third-order valence-corrected chi connectivity index (χ3v) is 8.85. The van der Waals surface area contributed by atoms with Crippen molar-refractivity contribution in [2.45, 2.75) is 91.8 Å². The second-order valence-corrected chi connectivity index (χ2v) is 11.2. The number of hydrogen-bond acceptors (Lipinski definition) is 3. The monoisotopic (exact) mass is 428 g/mol. The van der Waals surface area contributed by atoms with Crippen LogP contribution < -0.4 is 0 Å². The SMILES string of the molecule is C=C1CC[C@](O)(OO)CC1=CC=C1CCC[C@@]2(C)[C@@H]1CC[C@@H]2[C@H](C)C=C[C@H](C)C(C)C. The van der Waals surface area contributed by atoms with Crippen LogP contribution in [-0.4, -0.2) is 16.2 Å². The number of aliphatic hydroxyl groups is 1. The second kappa shape index (κ2) is 9.77. The Morgan fingerprint density at radius 1 is 1.06 bits per heavy atom. The summed E-state index contributed by atoms with van der Waals surface area (Å²) in [5, 5.41) is 19.4. The van der Waals surface area contributed by atoms with Crippen LogP contribution in [0.25, 0.3) is 0 Å². The maximum atomic E-state index is 10.3. The molecule has 0 aromatic heterocycles. The first-order chi connectivity index (χ1) is 14.6. The fourth-order valence-corrected chi connectivity index (χ4v) is 6.33. The van der Waals surface area contributed by atoms with Gasteiger partial charge in [0.25, 0.3) is 0 Å². The van der Waals surface area contributed by atoms with Crippen LogP contribution in [0.5, 0.6) is 0 Å². The highest BCUT2D eigenvalue weighted by Crippen LogP contribution is 2.59. The highest BCUT2D eigenvalue weighted by atomic mass is 17.1. The summed E-state index contributed by atoms with van der Waals surface area (Å²) in [5.74, 6) is 1.85. The Labute approximate surface area is 189 Å². The van der Waals surface area contributed by atoms with Crippen molar-refractivity contribution in [3.05, 3.63) is 47.6 Å². The lowest BCUT2D eigenvalue weighted by Gasteiger charge is -2.44. The molecule has 0 spiro atoms. The minimum atomic E-state index is -1.47. The molecule has 0 heterocycles. The first kappa shape index (κ1) is 24.5. The predicted octanol–water partition coefficient (Wildman–Crippen LogP) is 7.46. The van der Waals surface area contributed by atoms with Gasteiger partial charge >= 0.3 is 0 Å². The smallest absolute Gasteiger partial charge is 0.203 e. The molecular formula is C28H44O3. The van der Waals surface area contributed by atoms with Gasteiger partial charge in [-0.1, -0.05) is 76.6 Å². The first-order valence-corrected chi connectivity index (χ1v) is 12.4. The molecule has 0 aromatic rings. The van der Waals surface area contributed by atoms with Crippen LogP contribution in [0, 0.1) is 35.0 Å². The van der Waals surface area contributed by atoms with Gasteiger partial charge in [0.1, 0.15) is 0 Å². The highest BCUT2D eigenvalue weighted by molar-refractivity contribution is 5.37. The van der Waals surface area contributed by atoms with Gasteiger partial charge in [-0.2, -0.15) is 0 Å². The lowest BCUT2D eigenvalue weighted by Crippen LogP contribution is -2.35. The van der Waals surface area contributed by atoms with E-state index in [1.165, 1.54) is 32.1 Å². The van der Waals surface area contributed by atoms with Gasteiger partial charge in [0.2, 0.25) is 5.79 Å². The predicted molar refractivity (Wildman–Crippen MR) is 128 cm³/mol. The fraction of sp³-hybridized carbons (Fsp3) is 0.714. The van der Waals surface area contributed by atoms with E-state index in [9.17, 15) is 5.11 Å². The van der Waals surface area contributed by atoms with Crippen molar-refractivity contribution < 1.29 is 15.3 Å². The molecule has 3 aliphatic carbocycles. The van der Waals surface area contributed by atoms with E-state index in [1.54, 1.807) is 5.57 Å². The van der Waals surface area contributed by atoms with Crippen LogP contribution in [0.15, 0.2) is 47.6 Å². The molecule has 2 N–H and O–H groups in total. The molecule has 6 atom stereocenters. The average Bonchev–Trinajstić information content (AvgIpc) is 3.10. The molecule has 0 radical (unpaired) electrons. The van der Waals surface area contributed by atoms with Crippen molar-refractivity contribution in [2.24, 2.45) is 35.0 Å². The standard InChI is InChI=1S/C28H44O3/c1-19(2)20(3)9-10-22(5)25-13-14-26-23(8-7-16-27(25,26)6)11-12-24-18-28(29,31-30)17-15-21(24)4/h9-12,19-20,22,25-26,29-30H,4,7-8,13-18H2,1-3,5-6H3/t20-,22+,25+,26+,27+,28-/m0/s1. The van der Waals surface area contributed by atoms with Crippen molar-refractivity contribution in [1.29, 1.82) is 0 Å². The van der Waals surface area contributed by atoms with Crippen molar-refractivity contribution in [2.75, 3.05) is 0 Å². The van der Waals surface area contributed by atoms with Crippen LogP contribution in [0.2, 0.25) is 0 Å². The molecule has 0 amide bonds. The summed E-state index contributed by atoms with van der Waals surface area (Å²) in [7, 11) is 0. The Bertz CT molecular complexity index is 745. The topological polar surface area (TPSA) is 49.7 Å². The van der Waals surface area contributed by atoms with E-state index in [0.29, 0.717) is 48.3 Å². The van der Waals surface area contributed by atoms with E-state index < -0.39 is 5.79 Å². The zero-order valence-electron chi connectivity index (χ0n) is 20.4. The molecule has 31 heavy (non-hydrogen) atoms. The molecule has 3 rings (SSSR count). The zero-order chi connectivity index (χ0) is 22.8. The summed E-state index contributed by atoms with van der Waals surface area (Å²) in [6, 6.07) is 0. The molecular weight excluding hydrogens is 384 g/mol. The molecule has 3 aliphatic rings. The highest BCUT2D eigenvalue weighted by Gasteiger charge is 2.50. The van der Waals surface area contributed by atoms with E-state index in [2.05, 4.69) is 70.4 Å². The maximum absolute atomic E-state index is 10.3. The maximum Gasteiger partial charge on any atom is 0.203 e. The van der Waals surface area contributed by atoms with E-state index in [1.807, 2.05) is 0 Å². The minimum absolute atomic E-state index is 0.298. The van der Waals surface area contributed by atoms with Crippen LogP contribution in [0.1, 0.15) is 86.0 Å². The van der Waals surface area contributed by atoms with Crippen LogP contribution in [0.4, 0.5) is 0 Å². The van der Waals surface area contributed by atoms with E-state index in [0.717, 1.165) is 17.1 Å². The minimum Gasteiger partial charge on any atom is -0.363 e. The number of hydrogen-bond donors (Lipinski definition) is 2. The molecule has 0 bridgehead atoms. The summed E-state index contributed by atoms with van der Waals surface area (Å²) in [4.78, 5) is 4.38. The van der Waals surface area contributed by atoms with Crippen molar-refractivity contribution in [3.8, 4) is 0 Å². The molecule has 3 heteroatoms. The second-order valence-electron chi connectivity index (χ2n) is 11.2. The van der Waals surface area contributed by atoms with Gasteiger partial charge in [-0.15, -0.1) is 0 Å². The summed E-state index contributed by atoms with van der Waals surface area (Å²) in [5.41, 5.74) is 3.96. The summed E-state index contributed by atoms with van der Waals surface area (Å²) in [6.45, 7) is 16.0. The van der Waals surface area contributed by atoms with E-state index in [-0.39, 0.29) is 0 Å². The van der Waals surface area contributed by atoms with Crippen molar-refractivity contribution in [3.63, 3.8) is 0 Å². The molecule has 0 aromatic carbocycles. The number of rotatable bonds is 6. The van der Waals surface area contributed by atoms with E-state index in [4.69, 9.17) is 5.26 Å². The number of fused-ring (bicyclic) bond motifs is 1. The molecule has 0 aliphatic heterocycles. The van der Waals surface area contributed by atoms with Crippen LogP contribution in [0.3, 0.4) is 0 Å². The van der Waals surface area contributed by atoms with Crippen molar-refractivity contribution >= 4 is 0 Å². The third-order valence-electron chi connectivity index (χ3n) is 8.85. The van der Waals surface area contributed by atoms with E-state index >= 15 is 0 Å². The average molecular weight is 429 g/mol. The summed E-state index contributed by atoms with van der Waals surface area (Å²) in [6.07, 6.45) is 17.0. The van der Waals surface area contributed by atoms with Gasteiger partial charge < -0.3 is 5.11 Å². The first-order valence-electron chi connectivity index (χ1n) is 12.4. The lowest BCUT2D eigenvalue weighted by molar-refractivity contribution is -0.394. The van der Waals surface area contributed by atoms with Gasteiger partial charge in [-0.3, -0.25) is 0 Å². The molecule has 0 saturated heterocycles. The third kappa shape index (κ3) is 5.26.